The first-order valence-electron chi connectivity index (χ1n) is 10.1. The molecule has 0 amide bonds. The van der Waals surface area contributed by atoms with Crippen molar-refractivity contribution in [3.05, 3.63) is 5.82 Å². The highest BCUT2D eigenvalue weighted by Gasteiger charge is 2.21. The molecule has 0 radical (unpaired) electrons. The first-order chi connectivity index (χ1) is 12.8. The summed E-state index contributed by atoms with van der Waals surface area (Å²) < 4.78 is 4.40. The topological polar surface area (TPSA) is 59.9 Å². The van der Waals surface area contributed by atoms with Crippen LogP contribution in [-0.2, 0) is 6.42 Å². The first-order valence-corrected chi connectivity index (χ1v) is 10.8. The smallest absolute Gasteiger partial charge is 0.205 e. The molecule has 154 valence electrons. The highest BCUT2D eigenvalue weighted by atomic mass is 127. The van der Waals surface area contributed by atoms with Gasteiger partial charge in [-0.15, -0.1) is 24.0 Å². The number of hydrogen-bond acceptors (Lipinski definition) is 6. The average molecular weight is 507 g/mol. The van der Waals surface area contributed by atoms with Crippen LogP contribution >= 0.6 is 35.5 Å². The van der Waals surface area contributed by atoms with E-state index in [4.69, 9.17) is 0 Å². The minimum Gasteiger partial charge on any atom is -0.356 e. The van der Waals surface area contributed by atoms with E-state index in [1.165, 1.54) is 56.9 Å². The van der Waals surface area contributed by atoms with E-state index in [1.807, 2.05) is 7.05 Å². The minimum atomic E-state index is 0. The summed E-state index contributed by atoms with van der Waals surface area (Å²) in [5.74, 6) is 2.00. The molecule has 0 bridgehead atoms. The van der Waals surface area contributed by atoms with Crippen molar-refractivity contribution in [2.75, 3.05) is 64.3 Å². The van der Waals surface area contributed by atoms with E-state index < -0.39 is 0 Å². The van der Waals surface area contributed by atoms with Gasteiger partial charge in [-0.2, -0.15) is 4.37 Å². The lowest BCUT2D eigenvalue weighted by molar-refractivity contribution is 0.329. The third-order valence-electron chi connectivity index (χ3n) is 5.22. The molecule has 2 fully saturated rings. The number of nitrogens with zero attached hydrogens (tertiary/aromatic N) is 6. The van der Waals surface area contributed by atoms with Crippen LogP contribution in [0.1, 0.15) is 38.4 Å². The highest BCUT2D eigenvalue weighted by Crippen LogP contribution is 2.19. The van der Waals surface area contributed by atoms with Gasteiger partial charge in [-0.25, -0.2) is 4.98 Å². The van der Waals surface area contributed by atoms with Gasteiger partial charge in [0.15, 0.2) is 5.96 Å². The number of piperazine rings is 1. The van der Waals surface area contributed by atoms with Crippen LogP contribution in [0.15, 0.2) is 4.99 Å². The van der Waals surface area contributed by atoms with Crippen LogP contribution in [0.25, 0.3) is 0 Å². The molecule has 0 saturated carbocycles. The molecule has 2 aliphatic rings. The molecule has 1 aromatic rings. The second kappa shape index (κ2) is 12.0. The second-order valence-corrected chi connectivity index (χ2v) is 7.78. The highest BCUT2D eigenvalue weighted by molar-refractivity contribution is 14.0. The molecule has 2 saturated heterocycles. The Kier molecular flexibility index (Phi) is 10.1. The summed E-state index contributed by atoms with van der Waals surface area (Å²) in [6.07, 6.45) is 6.15. The van der Waals surface area contributed by atoms with Gasteiger partial charge in [-0.1, -0.05) is 6.92 Å². The van der Waals surface area contributed by atoms with Gasteiger partial charge in [-0.05, 0) is 45.3 Å². The number of hydrogen-bond donors (Lipinski definition) is 1. The molecule has 9 heteroatoms. The Balaban J connectivity index is 0.00000261. The Bertz CT molecular complexity index is 566. The van der Waals surface area contributed by atoms with Gasteiger partial charge in [0.1, 0.15) is 5.82 Å². The molecule has 0 spiro atoms. The lowest BCUT2D eigenvalue weighted by Gasteiger charge is -2.36. The molecule has 0 aromatic carbocycles. The molecular formula is C18H34IN7S. The van der Waals surface area contributed by atoms with Crippen molar-refractivity contribution in [3.8, 4) is 0 Å². The first kappa shape index (κ1) is 22.6. The molecule has 27 heavy (non-hydrogen) atoms. The van der Waals surface area contributed by atoms with Crippen LogP contribution in [0.5, 0.6) is 0 Å². The molecular weight excluding hydrogens is 473 g/mol. The number of aromatic nitrogens is 2. The molecule has 1 aromatic heterocycles. The fourth-order valence-electron chi connectivity index (χ4n) is 3.63. The van der Waals surface area contributed by atoms with Gasteiger partial charge in [0.05, 0.1) is 0 Å². The van der Waals surface area contributed by atoms with Crippen molar-refractivity contribution >= 4 is 46.6 Å². The Morgan fingerprint density at radius 3 is 2.48 bits per heavy atom. The van der Waals surface area contributed by atoms with Crippen molar-refractivity contribution in [3.63, 3.8) is 0 Å². The maximum atomic E-state index is 4.61. The van der Waals surface area contributed by atoms with E-state index in [1.54, 1.807) is 0 Å². The average Bonchev–Trinajstić information content (AvgIpc) is 3.36. The number of guanidine groups is 1. The Morgan fingerprint density at radius 2 is 1.85 bits per heavy atom. The summed E-state index contributed by atoms with van der Waals surface area (Å²) >= 11 is 1.52. The fourth-order valence-corrected chi connectivity index (χ4v) is 4.43. The quantitative estimate of drug-likeness (QED) is 0.265. The van der Waals surface area contributed by atoms with Gasteiger partial charge in [-0.3, -0.25) is 4.99 Å². The number of nitrogens with one attached hydrogen (secondary N) is 1. The normalized spacial score (nSPS) is 18.7. The van der Waals surface area contributed by atoms with Gasteiger partial charge >= 0.3 is 0 Å². The van der Waals surface area contributed by atoms with Crippen LogP contribution in [0.3, 0.4) is 0 Å². The molecule has 7 nitrogen and oxygen atoms in total. The molecule has 3 rings (SSSR count). The third kappa shape index (κ3) is 6.70. The van der Waals surface area contributed by atoms with Crippen molar-refractivity contribution in [2.24, 2.45) is 4.99 Å². The number of likely N-dealkylation sites (tertiary alicyclic amines) is 1. The fraction of sp³-hybridized carbons (Fsp3) is 0.833. The second-order valence-electron chi connectivity index (χ2n) is 7.05. The van der Waals surface area contributed by atoms with E-state index in [-0.39, 0.29) is 24.0 Å². The van der Waals surface area contributed by atoms with Crippen molar-refractivity contribution < 1.29 is 0 Å². The van der Waals surface area contributed by atoms with E-state index in [0.717, 1.165) is 56.1 Å². The zero-order valence-corrected chi connectivity index (χ0v) is 19.8. The predicted octanol–water partition coefficient (Wildman–Crippen LogP) is 2.29. The number of unbranched alkanes of at least 4 members (excludes halogenated alkanes) is 1. The molecule has 2 aliphatic heterocycles. The van der Waals surface area contributed by atoms with Crippen LogP contribution in [0, 0.1) is 0 Å². The summed E-state index contributed by atoms with van der Waals surface area (Å²) in [6, 6.07) is 0. The molecule has 0 atom stereocenters. The summed E-state index contributed by atoms with van der Waals surface area (Å²) in [5.41, 5.74) is 0. The Labute approximate surface area is 184 Å². The molecule has 3 heterocycles. The van der Waals surface area contributed by atoms with Gasteiger partial charge < -0.3 is 20.0 Å². The lowest BCUT2D eigenvalue weighted by atomic mass is 10.3. The Hall–Kier alpha value is -0.680. The molecule has 0 unspecified atom stereocenters. The summed E-state index contributed by atoms with van der Waals surface area (Å²) in [4.78, 5) is 16.4. The largest absolute Gasteiger partial charge is 0.356 e. The van der Waals surface area contributed by atoms with Gasteiger partial charge in [0.25, 0.3) is 0 Å². The number of halogens is 1. The van der Waals surface area contributed by atoms with Crippen LogP contribution in [0.2, 0.25) is 0 Å². The summed E-state index contributed by atoms with van der Waals surface area (Å²) in [5, 5.41) is 4.61. The van der Waals surface area contributed by atoms with Gasteiger partial charge in [0, 0.05) is 57.7 Å². The maximum absolute atomic E-state index is 4.61. The zero-order chi connectivity index (χ0) is 18.2. The van der Waals surface area contributed by atoms with E-state index in [9.17, 15) is 0 Å². The summed E-state index contributed by atoms with van der Waals surface area (Å²) in [7, 11) is 1.89. The van der Waals surface area contributed by atoms with Crippen LogP contribution in [-0.4, -0.2) is 84.5 Å². The number of aryl methyl sites for hydroxylation is 1. The maximum Gasteiger partial charge on any atom is 0.205 e. The van der Waals surface area contributed by atoms with E-state index >= 15 is 0 Å². The number of rotatable bonds is 7. The third-order valence-corrected chi connectivity index (χ3v) is 6.03. The lowest BCUT2D eigenvalue weighted by Crippen LogP contribution is -2.52. The summed E-state index contributed by atoms with van der Waals surface area (Å²) in [6.45, 7) is 10.9. The predicted molar refractivity (Wildman–Crippen MR) is 125 cm³/mol. The minimum absolute atomic E-state index is 0. The molecule has 0 aliphatic carbocycles. The molecule has 1 N–H and O–H groups in total. The SMILES string of the molecule is CCc1nsc(N2CCN(C(=NC)NCCCCN3CCCC3)CC2)n1.I. The standard InChI is InChI=1S/C18H33N7S.HI/c1-3-16-21-18(26-22-16)25-14-12-24(13-15-25)17(19-2)20-8-4-5-9-23-10-6-7-11-23;/h3-15H2,1-2H3,(H,19,20);1H. The van der Waals surface area contributed by atoms with Crippen molar-refractivity contribution in [1.29, 1.82) is 0 Å². The van der Waals surface area contributed by atoms with Crippen molar-refractivity contribution in [2.45, 2.75) is 39.0 Å². The number of anilines is 1. The van der Waals surface area contributed by atoms with Gasteiger partial charge in [0.2, 0.25) is 5.13 Å². The van der Waals surface area contributed by atoms with Crippen molar-refractivity contribution in [1.82, 2.24) is 24.5 Å². The number of aliphatic imine (C=N–C) groups is 1. The Morgan fingerprint density at radius 1 is 1.11 bits per heavy atom. The monoisotopic (exact) mass is 507 g/mol. The van der Waals surface area contributed by atoms with Crippen LogP contribution < -0.4 is 10.2 Å². The van der Waals surface area contributed by atoms with Crippen LogP contribution in [0.4, 0.5) is 5.13 Å². The van der Waals surface area contributed by atoms with E-state index in [0.29, 0.717) is 0 Å². The van der Waals surface area contributed by atoms with E-state index in [2.05, 4.69) is 41.3 Å². The zero-order valence-electron chi connectivity index (χ0n) is 16.7.